The van der Waals surface area contributed by atoms with Crippen LogP contribution in [0.5, 0.6) is 5.95 Å². The molecule has 4 saturated carbocycles. The van der Waals surface area contributed by atoms with E-state index in [2.05, 4.69) is 21.6 Å². The summed E-state index contributed by atoms with van der Waals surface area (Å²) in [6.07, 6.45) is 8.78. The minimum atomic E-state index is -0.301. The summed E-state index contributed by atoms with van der Waals surface area (Å²) in [4.78, 5) is 0. The second kappa shape index (κ2) is 4.65. The quantitative estimate of drug-likeness (QED) is 0.798. The first kappa shape index (κ1) is 13.0. The molecular weight excluding hydrogens is 272 g/mol. The highest BCUT2D eigenvalue weighted by molar-refractivity contribution is 8.00. The zero-order chi connectivity index (χ0) is 13.7. The molecule has 4 aliphatic carbocycles. The Bertz CT molecular complexity index is 479. The van der Waals surface area contributed by atoms with Crippen molar-refractivity contribution >= 4 is 11.8 Å². The summed E-state index contributed by atoms with van der Waals surface area (Å²) in [6, 6.07) is 0. The van der Waals surface area contributed by atoms with Crippen molar-refractivity contribution < 1.29 is 14.3 Å². The summed E-state index contributed by atoms with van der Waals surface area (Å²) in [5.41, 5.74) is 0.621. The van der Waals surface area contributed by atoms with Gasteiger partial charge in [0.15, 0.2) is 12.5 Å². The largest absolute Gasteiger partial charge is 0.539 e. The topological polar surface area (TPSA) is 53.0 Å². The zero-order valence-electron chi connectivity index (χ0n) is 12.0. The number of hydrogen-bond donors (Lipinski definition) is 0. The molecule has 0 radical (unpaired) electrons. The van der Waals surface area contributed by atoms with Crippen LogP contribution in [0.2, 0.25) is 0 Å². The predicted molar refractivity (Wildman–Crippen MR) is 74.2 cm³/mol. The summed E-state index contributed by atoms with van der Waals surface area (Å²) in [5.74, 6) is 3.75. The van der Waals surface area contributed by atoms with Crippen LogP contribution in [0.1, 0.15) is 44.2 Å². The number of nitrogens with zero attached hydrogens (tertiary/aromatic N) is 2. The number of thioether (sulfide) groups is 1. The third kappa shape index (κ3) is 2.14. The molecular formula is C15H22N2O2S. The average Bonchev–Trinajstić information content (AvgIpc) is 2.69. The maximum absolute atomic E-state index is 11.3. The van der Waals surface area contributed by atoms with Crippen molar-refractivity contribution in [2.75, 3.05) is 5.75 Å². The normalized spacial score (nSPS) is 38.5. The molecule has 4 bridgehead atoms. The smallest absolute Gasteiger partial charge is 0.230 e. The minimum Gasteiger partial charge on any atom is -0.539 e. The van der Waals surface area contributed by atoms with Crippen LogP contribution in [0.3, 0.4) is 0 Å². The van der Waals surface area contributed by atoms with Crippen LogP contribution in [0.25, 0.3) is 0 Å². The summed E-state index contributed by atoms with van der Waals surface area (Å²) in [5, 5.41) is 15.1. The Morgan fingerprint density at radius 2 is 1.85 bits per heavy atom. The van der Waals surface area contributed by atoms with Crippen LogP contribution in [0.4, 0.5) is 0 Å². The first-order valence-electron chi connectivity index (χ1n) is 7.81. The molecule has 4 nitrogen and oxygen atoms in total. The van der Waals surface area contributed by atoms with Crippen molar-refractivity contribution in [3.8, 4) is 5.95 Å². The molecule has 4 aliphatic rings. The van der Waals surface area contributed by atoms with Crippen molar-refractivity contribution in [2.45, 2.75) is 56.7 Å². The first-order chi connectivity index (χ1) is 9.63. The van der Waals surface area contributed by atoms with E-state index in [-0.39, 0.29) is 5.95 Å². The maximum atomic E-state index is 11.3. The molecule has 5 rings (SSSR count). The van der Waals surface area contributed by atoms with Gasteiger partial charge in [-0.1, -0.05) is 4.68 Å². The van der Waals surface area contributed by atoms with E-state index in [0.29, 0.717) is 10.4 Å². The highest BCUT2D eigenvalue weighted by atomic mass is 32.2. The Labute approximate surface area is 123 Å². The second-order valence-electron chi connectivity index (χ2n) is 7.12. The molecule has 0 unspecified atom stereocenters. The Balaban J connectivity index is 1.39. The van der Waals surface area contributed by atoms with Crippen molar-refractivity contribution in [2.24, 2.45) is 17.8 Å². The predicted octanol–water partition coefficient (Wildman–Crippen LogP) is 2.05. The molecule has 0 saturated heterocycles. The number of aryl methyl sites for hydroxylation is 1. The molecule has 110 valence electrons. The van der Waals surface area contributed by atoms with E-state index >= 15 is 0 Å². The number of aromatic nitrogens is 2. The van der Waals surface area contributed by atoms with Crippen molar-refractivity contribution in [1.82, 2.24) is 5.27 Å². The van der Waals surface area contributed by atoms with E-state index in [1.54, 1.807) is 11.6 Å². The molecule has 1 aromatic heterocycles. The van der Waals surface area contributed by atoms with Crippen LogP contribution < -0.4 is 9.79 Å². The lowest BCUT2D eigenvalue weighted by molar-refractivity contribution is -0.763. The van der Waals surface area contributed by atoms with Crippen molar-refractivity contribution in [3.05, 3.63) is 5.69 Å². The van der Waals surface area contributed by atoms with E-state index in [1.165, 1.54) is 38.5 Å². The van der Waals surface area contributed by atoms with E-state index in [1.807, 2.05) is 0 Å². The monoisotopic (exact) mass is 294 g/mol. The summed E-state index contributed by atoms with van der Waals surface area (Å²) >= 11 is 2.14. The van der Waals surface area contributed by atoms with Crippen LogP contribution in [0, 0.1) is 24.7 Å². The fourth-order valence-corrected chi connectivity index (χ4v) is 6.84. The van der Waals surface area contributed by atoms with Crippen LogP contribution in [-0.2, 0) is 6.54 Å². The zero-order valence-corrected chi connectivity index (χ0v) is 12.8. The van der Waals surface area contributed by atoms with Crippen molar-refractivity contribution in [1.29, 1.82) is 0 Å². The molecule has 0 aromatic carbocycles. The molecule has 0 N–H and O–H groups in total. The van der Waals surface area contributed by atoms with Crippen LogP contribution >= 0.6 is 11.8 Å². The summed E-state index contributed by atoms with van der Waals surface area (Å²) in [6.45, 7) is 2.58. The second-order valence-corrected chi connectivity index (χ2v) is 8.68. The van der Waals surface area contributed by atoms with Crippen LogP contribution in [0.15, 0.2) is 4.52 Å². The molecule has 1 aromatic rings. The summed E-state index contributed by atoms with van der Waals surface area (Å²) < 4.78 is 6.96. The standard InChI is InChI=1S/C15H22N2O2S/c1-10-14(18)19-16-17(10)2-3-20-15-7-11-4-12(8-15)6-13(5-11)9-15/h11-13H,2-9H2,1H3. The SMILES string of the molecule is Cc1c([O-])on[n+]1CCSC12CC3CC(CC(C3)C1)C2. The van der Waals surface area contributed by atoms with Gasteiger partial charge < -0.3 is 9.63 Å². The number of hydrogen-bond acceptors (Lipinski definition) is 4. The van der Waals surface area contributed by atoms with Gasteiger partial charge in [0.1, 0.15) is 0 Å². The Morgan fingerprint density at radius 3 is 2.35 bits per heavy atom. The van der Waals surface area contributed by atoms with Gasteiger partial charge in [-0.3, -0.25) is 0 Å². The van der Waals surface area contributed by atoms with Gasteiger partial charge in [0.2, 0.25) is 5.69 Å². The molecule has 0 spiro atoms. The molecule has 5 heteroatoms. The molecule has 0 aliphatic heterocycles. The first-order valence-corrected chi connectivity index (χ1v) is 8.79. The summed E-state index contributed by atoms with van der Waals surface area (Å²) in [7, 11) is 0. The van der Waals surface area contributed by atoms with Gasteiger partial charge in [0, 0.05) is 11.7 Å². The third-order valence-corrected chi connectivity index (χ3v) is 7.10. The highest BCUT2D eigenvalue weighted by Gasteiger charge is 2.51. The van der Waals surface area contributed by atoms with E-state index < -0.39 is 0 Å². The van der Waals surface area contributed by atoms with Gasteiger partial charge in [-0.2, -0.15) is 0 Å². The minimum absolute atomic E-state index is 0.301. The Kier molecular flexibility index (Phi) is 3.02. The van der Waals surface area contributed by atoms with Crippen molar-refractivity contribution in [3.63, 3.8) is 0 Å². The number of rotatable bonds is 4. The van der Waals surface area contributed by atoms with E-state index in [4.69, 9.17) is 0 Å². The maximum Gasteiger partial charge on any atom is 0.230 e. The van der Waals surface area contributed by atoms with Crippen LogP contribution in [-0.4, -0.2) is 15.8 Å². The Hall–Kier alpha value is -0.710. The molecule has 0 amide bonds. The van der Waals surface area contributed by atoms with Gasteiger partial charge in [-0.15, -0.1) is 11.8 Å². The third-order valence-electron chi connectivity index (χ3n) is 5.60. The molecule has 20 heavy (non-hydrogen) atoms. The van der Waals surface area contributed by atoms with Gasteiger partial charge in [-0.05, 0) is 56.3 Å². The average molecular weight is 294 g/mol. The highest BCUT2D eigenvalue weighted by Crippen LogP contribution is 2.60. The molecule has 0 atom stereocenters. The lowest BCUT2D eigenvalue weighted by Crippen LogP contribution is -2.49. The van der Waals surface area contributed by atoms with Gasteiger partial charge in [0.05, 0.1) is 11.0 Å². The fourth-order valence-electron chi connectivity index (χ4n) is 5.08. The molecule has 1 heterocycles. The van der Waals surface area contributed by atoms with E-state index in [9.17, 15) is 5.11 Å². The van der Waals surface area contributed by atoms with Gasteiger partial charge in [0.25, 0.3) is 0 Å². The molecule has 4 fully saturated rings. The van der Waals surface area contributed by atoms with Gasteiger partial charge in [-0.25, -0.2) is 0 Å². The Morgan fingerprint density at radius 1 is 1.25 bits per heavy atom. The fraction of sp³-hybridized carbons (Fsp3) is 0.867. The van der Waals surface area contributed by atoms with Gasteiger partial charge >= 0.3 is 0 Å². The lowest BCUT2D eigenvalue weighted by atomic mass is 9.56. The van der Waals surface area contributed by atoms with E-state index in [0.717, 1.165) is 30.1 Å². The lowest BCUT2D eigenvalue weighted by Gasteiger charge is -2.56.